The van der Waals surface area contributed by atoms with Gasteiger partial charge < -0.3 is 20.1 Å². The average Bonchev–Trinajstić information content (AvgIpc) is 3.10. The molecule has 0 atom stereocenters. The van der Waals surface area contributed by atoms with Crippen molar-refractivity contribution in [2.75, 3.05) is 24.9 Å². The number of aromatic nitrogens is 4. The number of nitrogens with one attached hydrogen (secondary N) is 2. The fourth-order valence-electron chi connectivity index (χ4n) is 2.88. The Morgan fingerprint density at radius 3 is 2.41 bits per heavy atom. The van der Waals surface area contributed by atoms with Gasteiger partial charge in [0.15, 0.2) is 11.6 Å². The van der Waals surface area contributed by atoms with E-state index in [1.165, 1.54) is 0 Å². The summed E-state index contributed by atoms with van der Waals surface area (Å²) in [5.41, 5.74) is 2.26. The van der Waals surface area contributed by atoms with Crippen LogP contribution in [0.4, 0.5) is 27.5 Å². The molecule has 2 aromatic carbocycles. The van der Waals surface area contributed by atoms with E-state index in [0.29, 0.717) is 22.9 Å². The molecule has 0 aliphatic rings. The van der Waals surface area contributed by atoms with Crippen molar-refractivity contribution in [3.63, 3.8) is 0 Å². The molecule has 0 fully saturated rings. The Labute approximate surface area is 166 Å². The van der Waals surface area contributed by atoms with Crippen LogP contribution in [0, 0.1) is 5.82 Å². The van der Waals surface area contributed by atoms with E-state index in [1.54, 1.807) is 43.3 Å². The lowest BCUT2D eigenvalue weighted by atomic mass is 10.2. The van der Waals surface area contributed by atoms with Crippen molar-refractivity contribution in [3.05, 3.63) is 54.6 Å². The second-order valence-electron chi connectivity index (χ2n) is 6.28. The van der Waals surface area contributed by atoms with Crippen LogP contribution in [0.2, 0.25) is 0 Å². The number of aryl methyl sites for hydroxylation is 1. The number of ether oxygens (including phenoxy) is 2. The number of hydrogen-bond donors (Lipinski definition) is 2. The number of halogens is 1. The van der Waals surface area contributed by atoms with Gasteiger partial charge in [0.05, 0.1) is 32.1 Å². The van der Waals surface area contributed by atoms with E-state index in [1.807, 2.05) is 25.2 Å². The molecule has 2 N–H and O–H groups in total. The van der Waals surface area contributed by atoms with Crippen molar-refractivity contribution in [2.45, 2.75) is 0 Å². The van der Waals surface area contributed by atoms with Gasteiger partial charge in [-0.3, -0.25) is 4.68 Å². The number of methoxy groups -OCH3 is 2. The molecular weight excluding hydrogens is 375 g/mol. The summed E-state index contributed by atoms with van der Waals surface area (Å²) < 4.78 is 26.6. The maximum atomic E-state index is 14.3. The van der Waals surface area contributed by atoms with Gasteiger partial charge in [-0.1, -0.05) is 0 Å². The molecule has 0 bridgehead atoms. The summed E-state index contributed by atoms with van der Waals surface area (Å²) in [4.78, 5) is 8.26. The third-order valence-corrected chi connectivity index (χ3v) is 4.36. The third kappa shape index (κ3) is 3.88. The zero-order valence-electron chi connectivity index (χ0n) is 16.1. The lowest BCUT2D eigenvalue weighted by molar-refractivity contribution is 0.395. The summed E-state index contributed by atoms with van der Waals surface area (Å²) in [6.45, 7) is 0. The Morgan fingerprint density at radius 1 is 0.931 bits per heavy atom. The molecule has 0 unspecified atom stereocenters. The van der Waals surface area contributed by atoms with Gasteiger partial charge in [-0.25, -0.2) is 9.37 Å². The lowest BCUT2D eigenvalue weighted by Gasteiger charge is -2.11. The summed E-state index contributed by atoms with van der Waals surface area (Å²) in [5, 5.41) is 11.2. The number of anilines is 4. The molecule has 8 nitrogen and oxygen atoms in total. The molecule has 0 saturated carbocycles. The van der Waals surface area contributed by atoms with Crippen LogP contribution in [-0.2, 0) is 7.05 Å². The lowest BCUT2D eigenvalue weighted by Crippen LogP contribution is -2.03. The number of rotatable bonds is 6. The highest BCUT2D eigenvalue weighted by Crippen LogP contribution is 2.28. The summed E-state index contributed by atoms with van der Waals surface area (Å²) >= 11 is 0. The van der Waals surface area contributed by atoms with E-state index in [2.05, 4.69) is 25.7 Å². The van der Waals surface area contributed by atoms with Gasteiger partial charge in [0.1, 0.15) is 11.5 Å². The topological polar surface area (TPSA) is 86.1 Å². The van der Waals surface area contributed by atoms with Crippen molar-refractivity contribution >= 4 is 34.0 Å². The van der Waals surface area contributed by atoms with Gasteiger partial charge >= 0.3 is 0 Å². The van der Waals surface area contributed by atoms with E-state index in [-0.39, 0.29) is 11.8 Å². The summed E-state index contributed by atoms with van der Waals surface area (Å²) in [7, 11) is 4.98. The number of benzene rings is 2. The SMILES string of the molecule is COc1cc(Nc2ncc(F)c(Nc3ccc4cnn(C)c4c3)n2)cc(OC)c1. The van der Waals surface area contributed by atoms with E-state index >= 15 is 0 Å². The molecular formula is C20H19FN6O2. The monoisotopic (exact) mass is 394 g/mol. The predicted molar refractivity (Wildman–Crippen MR) is 109 cm³/mol. The highest BCUT2D eigenvalue weighted by atomic mass is 19.1. The molecule has 9 heteroatoms. The van der Waals surface area contributed by atoms with Crippen LogP contribution in [0.1, 0.15) is 0 Å². The molecule has 4 rings (SSSR count). The minimum absolute atomic E-state index is 0.0545. The zero-order valence-corrected chi connectivity index (χ0v) is 16.1. The van der Waals surface area contributed by atoms with Gasteiger partial charge in [-0.05, 0) is 18.2 Å². The molecule has 0 spiro atoms. The molecule has 2 heterocycles. The van der Waals surface area contributed by atoms with Crippen LogP contribution in [0.5, 0.6) is 11.5 Å². The third-order valence-electron chi connectivity index (χ3n) is 4.36. The van der Waals surface area contributed by atoms with Crippen molar-refractivity contribution in [1.82, 2.24) is 19.7 Å². The first-order valence-electron chi connectivity index (χ1n) is 8.77. The molecule has 0 amide bonds. The molecule has 0 aliphatic carbocycles. The Kier molecular flexibility index (Phi) is 4.86. The maximum Gasteiger partial charge on any atom is 0.229 e. The summed E-state index contributed by atoms with van der Waals surface area (Å²) in [6.07, 6.45) is 2.88. The molecule has 2 aromatic heterocycles. The Hall–Kier alpha value is -3.88. The van der Waals surface area contributed by atoms with Gasteiger partial charge in [0, 0.05) is 42.0 Å². The van der Waals surface area contributed by atoms with Crippen molar-refractivity contribution in [1.29, 1.82) is 0 Å². The maximum absolute atomic E-state index is 14.3. The Bertz CT molecular complexity index is 1150. The van der Waals surface area contributed by atoms with Crippen LogP contribution in [0.3, 0.4) is 0 Å². The van der Waals surface area contributed by atoms with Gasteiger partial charge in [-0.15, -0.1) is 0 Å². The van der Waals surface area contributed by atoms with E-state index < -0.39 is 5.82 Å². The van der Waals surface area contributed by atoms with E-state index in [9.17, 15) is 4.39 Å². The Balaban J connectivity index is 1.61. The van der Waals surface area contributed by atoms with Gasteiger partial charge in [-0.2, -0.15) is 10.1 Å². The van der Waals surface area contributed by atoms with Crippen molar-refractivity contribution in [3.8, 4) is 11.5 Å². The van der Waals surface area contributed by atoms with E-state index in [4.69, 9.17) is 9.47 Å². The quantitative estimate of drug-likeness (QED) is 0.511. The first-order valence-corrected chi connectivity index (χ1v) is 8.77. The zero-order chi connectivity index (χ0) is 20.4. The molecule has 4 aromatic rings. The second-order valence-corrected chi connectivity index (χ2v) is 6.28. The fourth-order valence-corrected chi connectivity index (χ4v) is 2.88. The molecule has 0 saturated heterocycles. The summed E-state index contributed by atoms with van der Waals surface area (Å²) in [6, 6.07) is 10.9. The Morgan fingerprint density at radius 2 is 1.69 bits per heavy atom. The summed E-state index contributed by atoms with van der Waals surface area (Å²) in [5.74, 6) is 0.933. The predicted octanol–water partition coefficient (Wildman–Crippen LogP) is 4.01. The molecule has 148 valence electrons. The second kappa shape index (κ2) is 7.63. The van der Waals surface area contributed by atoms with Gasteiger partial charge in [0.25, 0.3) is 0 Å². The van der Waals surface area contributed by atoms with Crippen LogP contribution < -0.4 is 20.1 Å². The van der Waals surface area contributed by atoms with Crippen LogP contribution in [-0.4, -0.2) is 34.0 Å². The first kappa shape index (κ1) is 18.5. The van der Waals surface area contributed by atoms with Crippen molar-refractivity contribution < 1.29 is 13.9 Å². The highest BCUT2D eigenvalue weighted by molar-refractivity contribution is 5.83. The fraction of sp³-hybridized carbons (Fsp3) is 0.150. The average molecular weight is 394 g/mol. The minimum Gasteiger partial charge on any atom is -0.497 e. The van der Waals surface area contributed by atoms with Crippen LogP contribution >= 0.6 is 0 Å². The minimum atomic E-state index is -0.566. The molecule has 0 aliphatic heterocycles. The van der Waals surface area contributed by atoms with Gasteiger partial charge in [0.2, 0.25) is 5.95 Å². The number of nitrogens with zero attached hydrogens (tertiary/aromatic N) is 4. The van der Waals surface area contributed by atoms with Crippen LogP contribution in [0.15, 0.2) is 48.8 Å². The largest absolute Gasteiger partial charge is 0.497 e. The van der Waals surface area contributed by atoms with Crippen LogP contribution in [0.25, 0.3) is 10.9 Å². The van der Waals surface area contributed by atoms with Crippen molar-refractivity contribution in [2.24, 2.45) is 7.05 Å². The first-order chi connectivity index (χ1) is 14.1. The normalized spacial score (nSPS) is 10.8. The smallest absolute Gasteiger partial charge is 0.229 e. The van der Waals surface area contributed by atoms with E-state index in [0.717, 1.165) is 17.1 Å². The standard InChI is InChI=1S/C20H19FN6O2/c1-27-18-8-13(5-4-12(18)10-23-27)24-19-17(21)11-22-20(26-19)25-14-6-15(28-2)9-16(7-14)29-3/h4-11H,1-3H3,(H2,22,24,25,26). The highest BCUT2D eigenvalue weighted by Gasteiger charge is 2.10. The molecule has 29 heavy (non-hydrogen) atoms. The molecule has 0 radical (unpaired) electrons. The number of hydrogen-bond acceptors (Lipinski definition) is 7. The number of fused-ring (bicyclic) bond motifs is 1.